The van der Waals surface area contributed by atoms with Gasteiger partial charge in [-0.25, -0.2) is 4.68 Å². The molecule has 0 bridgehead atoms. The third-order valence-corrected chi connectivity index (χ3v) is 8.83. The van der Waals surface area contributed by atoms with Crippen molar-refractivity contribution in [1.82, 2.24) is 39.9 Å². The van der Waals surface area contributed by atoms with Gasteiger partial charge in [0.2, 0.25) is 11.8 Å². The lowest BCUT2D eigenvalue weighted by Crippen LogP contribution is -2.51. The summed E-state index contributed by atoms with van der Waals surface area (Å²) in [6, 6.07) is 13.1. The fourth-order valence-electron chi connectivity index (χ4n) is 6.53. The van der Waals surface area contributed by atoms with Gasteiger partial charge < -0.3 is 15.0 Å². The number of ether oxygens (including phenoxy) is 1. The van der Waals surface area contributed by atoms with Crippen LogP contribution in [-0.4, -0.2) is 85.7 Å². The molecule has 6 rings (SSSR count). The van der Waals surface area contributed by atoms with Gasteiger partial charge in [0.25, 0.3) is 0 Å². The molecule has 1 N–H and O–H groups in total. The normalized spacial score (nSPS) is 22.6. The molecule has 2 aliphatic heterocycles. The third kappa shape index (κ3) is 5.61. The van der Waals surface area contributed by atoms with Gasteiger partial charge in [0.1, 0.15) is 17.3 Å². The van der Waals surface area contributed by atoms with Gasteiger partial charge in [0.15, 0.2) is 0 Å². The van der Waals surface area contributed by atoms with Crippen LogP contribution in [0.3, 0.4) is 0 Å². The molecule has 2 aromatic carbocycles. The van der Waals surface area contributed by atoms with E-state index in [9.17, 15) is 9.59 Å². The molecule has 2 saturated heterocycles. The molecule has 2 amide bonds. The quantitative estimate of drug-likeness (QED) is 0.346. The molecule has 2 aromatic heterocycles. The number of hydrogen-bond donors (Lipinski definition) is 1. The fraction of sp³-hybridized carbons (Fsp3) is 0.452. The maximum atomic E-state index is 14.1. The van der Waals surface area contributed by atoms with Crippen molar-refractivity contribution in [2.45, 2.75) is 43.8 Å². The summed E-state index contributed by atoms with van der Waals surface area (Å²) in [5.41, 5.74) is 4.98. The number of carbonyl (C=O) groups excluding carboxylic acids is 2. The van der Waals surface area contributed by atoms with Gasteiger partial charge in [0.05, 0.1) is 24.9 Å². The number of nitrogens with one attached hydrogen (secondary N) is 1. The molecule has 2 fully saturated rings. The molecule has 2 aliphatic rings. The van der Waals surface area contributed by atoms with Crippen molar-refractivity contribution >= 4 is 22.8 Å². The predicted molar refractivity (Wildman–Crippen MR) is 158 cm³/mol. The minimum atomic E-state index is -0.521. The molecule has 4 aromatic rings. The van der Waals surface area contributed by atoms with E-state index in [1.807, 2.05) is 68.8 Å². The van der Waals surface area contributed by atoms with E-state index in [4.69, 9.17) is 4.74 Å². The van der Waals surface area contributed by atoms with Crippen molar-refractivity contribution in [3.05, 3.63) is 71.5 Å². The highest BCUT2D eigenvalue weighted by atomic mass is 16.5. The average Bonchev–Trinajstić information content (AvgIpc) is 3.78. The number of benzene rings is 2. The van der Waals surface area contributed by atoms with Crippen LogP contribution in [0.4, 0.5) is 0 Å². The molecule has 0 unspecified atom stereocenters. The number of rotatable bonds is 8. The Bertz CT molecular complexity index is 1580. The lowest BCUT2D eigenvalue weighted by Gasteiger charge is -2.29. The van der Waals surface area contributed by atoms with E-state index in [1.165, 1.54) is 5.56 Å². The number of aryl methyl sites for hydroxylation is 2. The first-order valence-electron chi connectivity index (χ1n) is 14.5. The number of fused-ring (bicyclic) bond motifs is 1. The van der Waals surface area contributed by atoms with Gasteiger partial charge in [-0.1, -0.05) is 23.4 Å². The summed E-state index contributed by atoms with van der Waals surface area (Å²) in [5, 5.41) is 15.7. The van der Waals surface area contributed by atoms with E-state index >= 15 is 0 Å². The van der Waals surface area contributed by atoms with Crippen molar-refractivity contribution in [3.63, 3.8) is 0 Å². The number of amides is 2. The van der Waals surface area contributed by atoms with Crippen LogP contribution in [0.1, 0.15) is 35.4 Å². The third-order valence-electron chi connectivity index (χ3n) is 8.83. The number of carbonyl (C=O) groups is 2. The van der Waals surface area contributed by atoms with E-state index < -0.39 is 6.04 Å². The fourth-order valence-corrected chi connectivity index (χ4v) is 6.53. The van der Waals surface area contributed by atoms with E-state index in [0.717, 1.165) is 40.9 Å². The molecule has 4 heterocycles. The standard InChI is InChI=1S/C31H38N8O3/c1-36-18-23(24-16-33-37(2)19-24)14-29(36)31(41)39-17-22(11-20-5-8-25(42-4)9-6-20)13-28(39)30(40)32-15-21-7-10-27-26(12-21)34-35-38(27)3/h5-10,12,16,19,22-23,28-29H,11,13-15,17-18H2,1-4H3,(H,32,40)/t22-,23-,28+,29-/m1/s1. The highest BCUT2D eigenvalue weighted by molar-refractivity contribution is 5.90. The Labute approximate surface area is 245 Å². The summed E-state index contributed by atoms with van der Waals surface area (Å²) in [6.45, 7) is 1.70. The largest absolute Gasteiger partial charge is 0.497 e. The number of nitrogens with zero attached hydrogens (tertiary/aromatic N) is 7. The van der Waals surface area contributed by atoms with Crippen molar-refractivity contribution < 1.29 is 14.3 Å². The molecule has 0 saturated carbocycles. The van der Waals surface area contributed by atoms with Crippen LogP contribution in [-0.2, 0) is 36.6 Å². The van der Waals surface area contributed by atoms with Crippen molar-refractivity contribution in [3.8, 4) is 5.75 Å². The summed E-state index contributed by atoms with van der Waals surface area (Å²) in [4.78, 5) is 31.8. The lowest BCUT2D eigenvalue weighted by molar-refractivity contribution is -0.141. The Morgan fingerprint density at radius 2 is 1.79 bits per heavy atom. The minimum absolute atomic E-state index is 0.0299. The molecular formula is C31H38N8O3. The number of methoxy groups -OCH3 is 1. The Morgan fingerprint density at radius 3 is 2.52 bits per heavy atom. The summed E-state index contributed by atoms with van der Waals surface area (Å²) >= 11 is 0. The molecular weight excluding hydrogens is 532 g/mol. The van der Waals surface area contributed by atoms with Gasteiger partial charge in [-0.15, -0.1) is 5.10 Å². The van der Waals surface area contributed by atoms with Gasteiger partial charge in [-0.3, -0.25) is 19.2 Å². The van der Waals surface area contributed by atoms with Crippen molar-refractivity contribution in [2.24, 2.45) is 20.0 Å². The first kappa shape index (κ1) is 27.9. The molecule has 0 aliphatic carbocycles. The van der Waals surface area contributed by atoms with Crippen LogP contribution in [0, 0.1) is 5.92 Å². The number of likely N-dealkylation sites (N-methyl/N-ethyl adjacent to an activating group) is 1. The first-order chi connectivity index (χ1) is 20.3. The summed E-state index contributed by atoms with van der Waals surface area (Å²) in [5.74, 6) is 1.13. The Hall–Kier alpha value is -4.25. The van der Waals surface area contributed by atoms with Crippen molar-refractivity contribution in [2.75, 3.05) is 27.2 Å². The van der Waals surface area contributed by atoms with E-state index in [2.05, 4.69) is 37.8 Å². The molecule has 220 valence electrons. The lowest BCUT2D eigenvalue weighted by atomic mass is 9.96. The van der Waals surface area contributed by atoms with Crippen LogP contribution in [0.25, 0.3) is 11.0 Å². The predicted octanol–water partition coefficient (Wildman–Crippen LogP) is 2.27. The molecule has 42 heavy (non-hydrogen) atoms. The second-order valence-corrected chi connectivity index (χ2v) is 11.7. The maximum Gasteiger partial charge on any atom is 0.243 e. The molecule has 0 spiro atoms. The topological polar surface area (TPSA) is 110 Å². The summed E-state index contributed by atoms with van der Waals surface area (Å²) in [6.07, 6.45) is 6.05. The van der Waals surface area contributed by atoms with Gasteiger partial charge in [-0.2, -0.15) is 5.10 Å². The minimum Gasteiger partial charge on any atom is -0.497 e. The highest BCUT2D eigenvalue weighted by Gasteiger charge is 2.45. The SMILES string of the molecule is COc1ccc(C[C@@H]2C[C@@H](C(=O)NCc3ccc4c(c3)nnn4C)N(C(=O)[C@H]3C[C@@H](c4cnn(C)c4)CN3C)C2)cc1. The average molecular weight is 571 g/mol. The smallest absolute Gasteiger partial charge is 0.243 e. The summed E-state index contributed by atoms with van der Waals surface area (Å²) < 4.78 is 8.84. The first-order valence-corrected chi connectivity index (χ1v) is 14.5. The molecule has 11 heteroatoms. The van der Waals surface area contributed by atoms with Crippen LogP contribution < -0.4 is 10.1 Å². The highest BCUT2D eigenvalue weighted by Crippen LogP contribution is 2.34. The van der Waals surface area contributed by atoms with E-state index in [-0.39, 0.29) is 29.7 Å². The number of hydrogen-bond acceptors (Lipinski definition) is 7. The van der Waals surface area contributed by atoms with Crippen LogP contribution >= 0.6 is 0 Å². The van der Waals surface area contributed by atoms with Gasteiger partial charge in [-0.05, 0) is 73.2 Å². The van der Waals surface area contributed by atoms with E-state index in [1.54, 1.807) is 16.5 Å². The zero-order valence-electron chi connectivity index (χ0n) is 24.6. The van der Waals surface area contributed by atoms with Gasteiger partial charge >= 0.3 is 0 Å². The van der Waals surface area contributed by atoms with E-state index in [0.29, 0.717) is 25.9 Å². The zero-order chi connectivity index (χ0) is 29.4. The maximum absolute atomic E-state index is 14.1. The Morgan fingerprint density at radius 1 is 1.00 bits per heavy atom. The number of aromatic nitrogens is 5. The van der Waals surface area contributed by atoms with Crippen LogP contribution in [0.2, 0.25) is 0 Å². The monoisotopic (exact) mass is 570 g/mol. The van der Waals surface area contributed by atoms with Crippen molar-refractivity contribution in [1.29, 1.82) is 0 Å². The molecule has 11 nitrogen and oxygen atoms in total. The summed E-state index contributed by atoms with van der Waals surface area (Å²) in [7, 11) is 7.42. The Kier molecular flexibility index (Phi) is 7.68. The Balaban J connectivity index is 1.18. The van der Waals surface area contributed by atoms with Gasteiger partial charge in [0, 0.05) is 45.8 Å². The molecule has 0 radical (unpaired) electrons. The zero-order valence-corrected chi connectivity index (χ0v) is 24.6. The number of likely N-dealkylation sites (tertiary alicyclic amines) is 2. The van der Waals surface area contributed by atoms with Crippen LogP contribution in [0.15, 0.2) is 54.9 Å². The second kappa shape index (κ2) is 11.6. The second-order valence-electron chi connectivity index (χ2n) is 11.7. The van der Waals surface area contributed by atoms with Crippen LogP contribution in [0.5, 0.6) is 5.75 Å². The molecule has 4 atom stereocenters.